The summed E-state index contributed by atoms with van der Waals surface area (Å²) in [7, 11) is 1.55. The molecule has 0 aliphatic heterocycles. The van der Waals surface area contributed by atoms with Crippen molar-refractivity contribution in [1.82, 2.24) is 0 Å². The second-order valence-electron chi connectivity index (χ2n) is 2.48. The van der Waals surface area contributed by atoms with E-state index in [0.29, 0.717) is 0 Å². The van der Waals surface area contributed by atoms with E-state index in [2.05, 4.69) is 40.4 Å². The Balaban J connectivity index is 2.45. The predicted octanol–water partition coefficient (Wildman–Crippen LogP) is 2.45. The number of allylic oxidation sites excluding steroid dienone is 6. The molecule has 0 aromatic rings. The highest BCUT2D eigenvalue weighted by Crippen LogP contribution is 2.06. The molecule has 0 aromatic heterocycles. The van der Waals surface area contributed by atoms with Crippen LogP contribution >= 0.6 is 0 Å². The summed E-state index contributed by atoms with van der Waals surface area (Å²) >= 11 is 0. The quantitative estimate of drug-likeness (QED) is 0.462. The molecule has 0 amide bonds. The molecule has 0 saturated heterocycles. The van der Waals surface area contributed by atoms with Crippen LogP contribution in [0.5, 0.6) is 0 Å². The Morgan fingerprint density at radius 3 is 3.33 bits per heavy atom. The Labute approximate surface area is 72.9 Å². The number of oxime groups is 1. The van der Waals surface area contributed by atoms with Crippen LogP contribution in [0.2, 0.25) is 0 Å². The van der Waals surface area contributed by atoms with E-state index in [0.717, 1.165) is 12.8 Å². The Bertz CT molecular complexity index is 236. The minimum atomic E-state index is 0.828. The zero-order valence-electron chi connectivity index (χ0n) is 7.23. The summed E-state index contributed by atoms with van der Waals surface area (Å²) in [6, 6.07) is 0. The standard InChI is InChI=1S/C10H13NO/c1-12-11-9-8-10-6-4-2-3-5-7-10/h2,4-7,9H,3,8H2,1H3/b11-9+. The fourth-order valence-corrected chi connectivity index (χ4v) is 0.977. The van der Waals surface area contributed by atoms with Crippen molar-refractivity contribution >= 4 is 6.21 Å². The van der Waals surface area contributed by atoms with Crippen molar-refractivity contribution in [2.24, 2.45) is 5.16 Å². The average Bonchev–Trinajstić information content (AvgIpc) is 2.33. The SMILES string of the molecule is CO/N=C/CC1=CC=CCC=C1. The van der Waals surface area contributed by atoms with Gasteiger partial charge in [-0.15, -0.1) is 0 Å². The van der Waals surface area contributed by atoms with Gasteiger partial charge in [0.25, 0.3) is 0 Å². The summed E-state index contributed by atoms with van der Waals surface area (Å²) in [5, 5.41) is 3.67. The molecule has 1 aliphatic rings. The van der Waals surface area contributed by atoms with E-state index < -0.39 is 0 Å². The molecule has 0 heterocycles. The van der Waals surface area contributed by atoms with Crippen molar-refractivity contribution in [3.05, 3.63) is 36.0 Å². The molecule has 0 atom stereocenters. The lowest BCUT2D eigenvalue weighted by atomic mass is 10.2. The summed E-state index contributed by atoms with van der Waals surface area (Å²) in [6.07, 6.45) is 14.1. The van der Waals surface area contributed by atoms with Gasteiger partial charge in [-0.25, -0.2) is 0 Å². The number of hydrogen-bond donors (Lipinski definition) is 0. The number of nitrogens with zero attached hydrogens (tertiary/aromatic N) is 1. The highest BCUT2D eigenvalue weighted by molar-refractivity contribution is 5.62. The molecule has 64 valence electrons. The van der Waals surface area contributed by atoms with Crippen molar-refractivity contribution in [3.63, 3.8) is 0 Å². The monoisotopic (exact) mass is 163 g/mol. The van der Waals surface area contributed by atoms with E-state index in [1.807, 2.05) is 0 Å². The summed E-state index contributed by atoms with van der Waals surface area (Å²) in [5.74, 6) is 0. The van der Waals surface area contributed by atoms with E-state index in [4.69, 9.17) is 0 Å². The van der Waals surface area contributed by atoms with Crippen molar-refractivity contribution in [2.75, 3.05) is 7.11 Å². The maximum Gasteiger partial charge on any atom is 0.106 e. The molecule has 0 bridgehead atoms. The second kappa shape index (κ2) is 5.35. The predicted molar refractivity (Wildman–Crippen MR) is 51.1 cm³/mol. The molecule has 0 aromatic carbocycles. The first-order chi connectivity index (χ1) is 5.93. The molecule has 2 heteroatoms. The third-order valence-electron chi connectivity index (χ3n) is 1.56. The van der Waals surface area contributed by atoms with Gasteiger partial charge in [0.15, 0.2) is 0 Å². The molecule has 0 spiro atoms. The highest BCUT2D eigenvalue weighted by atomic mass is 16.6. The van der Waals surface area contributed by atoms with Crippen LogP contribution in [0.3, 0.4) is 0 Å². The Morgan fingerprint density at radius 2 is 2.50 bits per heavy atom. The fourth-order valence-electron chi connectivity index (χ4n) is 0.977. The van der Waals surface area contributed by atoms with Gasteiger partial charge in [0.05, 0.1) is 0 Å². The minimum Gasteiger partial charge on any atom is -0.399 e. The molecule has 1 rings (SSSR count). The minimum absolute atomic E-state index is 0.828. The van der Waals surface area contributed by atoms with Gasteiger partial charge in [0.2, 0.25) is 0 Å². The van der Waals surface area contributed by atoms with Gasteiger partial charge in [0, 0.05) is 12.6 Å². The van der Waals surface area contributed by atoms with E-state index >= 15 is 0 Å². The van der Waals surface area contributed by atoms with Crippen LogP contribution in [0.1, 0.15) is 12.8 Å². The van der Waals surface area contributed by atoms with Crippen molar-refractivity contribution in [3.8, 4) is 0 Å². The Hall–Kier alpha value is -1.31. The van der Waals surface area contributed by atoms with E-state index in [1.54, 1.807) is 13.3 Å². The van der Waals surface area contributed by atoms with Crippen LogP contribution in [0.25, 0.3) is 0 Å². The Kier molecular flexibility index (Phi) is 3.92. The molecule has 1 aliphatic carbocycles. The topological polar surface area (TPSA) is 21.6 Å². The van der Waals surface area contributed by atoms with Crippen molar-refractivity contribution in [1.29, 1.82) is 0 Å². The third kappa shape index (κ3) is 3.19. The molecule has 12 heavy (non-hydrogen) atoms. The van der Waals surface area contributed by atoms with E-state index in [-0.39, 0.29) is 0 Å². The molecule has 0 fully saturated rings. The molecule has 2 nitrogen and oxygen atoms in total. The van der Waals surface area contributed by atoms with Gasteiger partial charge in [-0.05, 0) is 12.0 Å². The zero-order chi connectivity index (χ0) is 8.65. The molecule has 0 unspecified atom stereocenters. The summed E-state index contributed by atoms with van der Waals surface area (Å²) < 4.78 is 0. The maximum absolute atomic E-state index is 4.56. The lowest BCUT2D eigenvalue weighted by molar-refractivity contribution is 0.215. The van der Waals surface area contributed by atoms with Crippen LogP contribution < -0.4 is 0 Å². The van der Waals surface area contributed by atoms with Gasteiger partial charge in [-0.1, -0.05) is 35.5 Å². The van der Waals surface area contributed by atoms with Crippen molar-refractivity contribution in [2.45, 2.75) is 12.8 Å². The summed E-state index contributed by atoms with van der Waals surface area (Å²) in [5.41, 5.74) is 1.25. The number of rotatable bonds is 3. The van der Waals surface area contributed by atoms with Gasteiger partial charge in [0.1, 0.15) is 7.11 Å². The first-order valence-electron chi connectivity index (χ1n) is 4.00. The van der Waals surface area contributed by atoms with Crippen LogP contribution in [0.15, 0.2) is 41.1 Å². The molecule has 0 N–H and O–H groups in total. The lowest BCUT2D eigenvalue weighted by Gasteiger charge is -1.92. The zero-order valence-corrected chi connectivity index (χ0v) is 7.23. The van der Waals surface area contributed by atoms with Gasteiger partial charge < -0.3 is 4.84 Å². The fraction of sp³-hybridized carbons (Fsp3) is 0.300. The molecule has 0 radical (unpaired) electrons. The molecule has 0 saturated carbocycles. The number of hydrogen-bond acceptors (Lipinski definition) is 2. The largest absolute Gasteiger partial charge is 0.399 e. The van der Waals surface area contributed by atoms with Gasteiger partial charge in [-0.3, -0.25) is 0 Å². The third-order valence-corrected chi connectivity index (χ3v) is 1.56. The van der Waals surface area contributed by atoms with Crippen LogP contribution in [-0.4, -0.2) is 13.3 Å². The van der Waals surface area contributed by atoms with Gasteiger partial charge >= 0.3 is 0 Å². The summed E-state index contributed by atoms with van der Waals surface area (Å²) in [6.45, 7) is 0. The van der Waals surface area contributed by atoms with Crippen LogP contribution in [0, 0.1) is 0 Å². The van der Waals surface area contributed by atoms with Crippen LogP contribution in [-0.2, 0) is 4.84 Å². The first-order valence-corrected chi connectivity index (χ1v) is 4.00. The lowest BCUT2D eigenvalue weighted by Crippen LogP contribution is -1.80. The highest BCUT2D eigenvalue weighted by Gasteiger charge is 1.90. The maximum atomic E-state index is 4.56. The average molecular weight is 163 g/mol. The van der Waals surface area contributed by atoms with E-state index in [9.17, 15) is 0 Å². The first kappa shape index (κ1) is 8.78. The van der Waals surface area contributed by atoms with Gasteiger partial charge in [-0.2, -0.15) is 0 Å². The van der Waals surface area contributed by atoms with Crippen molar-refractivity contribution < 1.29 is 4.84 Å². The summed E-state index contributed by atoms with van der Waals surface area (Å²) in [4.78, 5) is 4.56. The molecular formula is C10H13NO. The Morgan fingerprint density at radius 1 is 1.58 bits per heavy atom. The second-order valence-corrected chi connectivity index (χ2v) is 2.48. The smallest absolute Gasteiger partial charge is 0.106 e. The normalized spacial score (nSPS) is 16.2. The van der Waals surface area contributed by atoms with E-state index in [1.165, 1.54) is 5.57 Å². The molecular weight excluding hydrogens is 150 g/mol. The van der Waals surface area contributed by atoms with Crippen LogP contribution in [0.4, 0.5) is 0 Å².